The molecule has 3 rings (SSSR count). The molecule has 2 aliphatic rings. The van der Waals surface area contributed by atoms with Gasteiger partial charge in [0.05, 0.1) is 17.8 Å². The van der Waals surface area contributed by atoms with Crippen LogP contribution in [0.5, 0.6) is 0 Å². The van der Waals surface area contributed by atoms with Crippen LogP contribution in [-0.4, -0.2) is 29.3 Å². The van der Waals surface area contributed by atoms with Crippen molar-refractivity contribution in [2.75, 3.05) is 19.8 Å². The van der Waals surface area contributed by atoms with Gasteiger partial charge < -0.3 is 14.6 Å². The molecule has 1 aromatic rings. The van der Waals surface area contributed by atoms with Crippen molar-refractivity contribution < 1.29 is 4.74 Å². The number of imidazole rings is 1. The van der Waals surface area contributed by atoms with Crippen LogP contribution in [0.2, 0.25) is 0 Å². The zero-order valence-corrected chi connectivity index (χ0v) is 11.5. The highest BCUT2D eigenvalue weighted by Crippen LogP contribution is 2.32. The topological polar surface area (TPSA) is 39.1 Å². The molecular formula is C14H23N3O. The van der Waals surface area contributed by atoms with E-state index in [1.54, 1.807) is 0 Å². The van der Waals surface area contributed by atoms with Gasteiger partial charge in [0.1, 0.15) is 5.82 Å². The standard InChI is InChI=1S/C14H23N3O/c1-3-13-16-11-9-15-7-5-12(11)17(13)14(2)6-4-8-18-10-14/h15H,3-10H2,1-2H3. The molecule has 18 heavy (non-hydrogen) atoms. The summed E-state index contributed by atoms with van der Waals surface area (Å²) >= 11 is 0. The van der Waals surface area contributed by atoms with Crippen LogP contribution in [-0.2, 0) is 29.7 Å². The van der Waals surface area contributed by atoms with Crippen LogP contribution in [0.25, 0.3) is 0 Å². The second kappa shape index (κ2) is 4.67. The number of ether oxygens (including phenoxy) is 1. The average Bonchev–Trinajstić information content (AvgIpc) is 2.78. The summed E-state index contributed by atoms with van der Waals surface area (Å²) < 4.78 is 8.24. The van der Waals surface area contributed by atoms with Gasteiger partial charge in [-0.1, -0.05) is 6.92 Å². The van der Waals surface area contributed by atoms with Crippen molar-refractivity contribution in [3.8, 4) is 0 Å². The molecule has 4 nitrogen and oxygen atoms in total. The smallest absolute Gasteiger partial charge is 0.109 e. The maximum Gasteiger partial charge on any atom is 0.109 e. The first kappa shape index (κ1) is 12.2. The molecular weight excluding hydrogens is 226 g/mol. The first-order valence-electron chi connectivity index (χ1n) is 7.13. The van der Waals surface area contributed by atoms with Crippen molar-refractivity contribution >= 4 is 0 Å². The Labute approximate surface area is 109 Å². The van der Waals surface area contributed by atoms with Crippen molar-refractivity contribution in [2.45, 2.75) is 51.6 Å². The number of hydrogen-bond donors (Lipinski definition) is 1. The third-order valence-corrected chi connectivity index (χ3v) is 4.23. The predicted octanol–water partition coefficient (Wildman–Crippen LogP) is 1.62. The molecule has 2 aliphatic heterocycles. The second-order valence-corrected chi connectivity index (χ2v) is 5.69. The first-order chi connectivity index (χ1) is 8.74. The van der Waals surface area contributed by atoms with Gasteiger partial charge in [-0.3, -0.25) is 0 Å². The Kier molecular flexibility index (Phi) is 3.16. The van der Waals surface area contributed by atoms with E-state index >= 15 is 0 Å². The predicted molar refractivity (Wildman–Crippen MR) is 70.7 cm³/mol. The van der Waals surface area contributed by atoms with E-state index in [1.165, 1.54) is 23.6 Å². The molecule has 0 spiro atoms. The summed E-state index contributed by atoms with van der Waals surface area (Å²) in [6.45, 7) is 8.26. The van der Waals surface area contributed by atoms with E-state index in [2.05, 4.69) is 23.7 Å². The summed E-state index contributed by atoms with van der Waals surface area (Å²) in [5, 5.41) is 3.41. The van der Waals surface area contributed by atoms with E-state index in [0.29, 0.717) is 0 Å². The lowest BCUT2D eigenvalue weighted by atomic mass is 9.93. The maximum absolute atomic E-state index is 5.74. The van der Waals surface area contributed by atoms with Gasteiger partial charge in [-0.05, 0) is 19.8 Å². The number of nitrogens with zero attached hydrogens (tertiary/aromatic N) is 2. The molecule has 0 radical (unpaired) electrons. The highest BCUT2D eigenvalue weighted by Gasteiger charge is 2.34. The Hall–Kier alpha value is -0.870. The lowest BCUT2D eigenvalue weighted by Crippen LogP contribution is -2.41. The monoisotopic (exact) mass is 249 g/mol. The van der Waals surface area contributed by atoms with Crippen molar-refractivity contribution in [1.82, 2.24) is 14.9 Å². The fraction of sp³-hybridized carbons (Fsp3) is 0.786. The van der Waals surface area contributed by atoms with Crippen molar-refractivity contribution in [3.05, 3.63) is 17.2 Å². The fourth-order valence-electron chi connectivity index (χ4n) is 3.34. The highest BCUT2D eigenvalue weighted by atomic mass is 16.5. The van der Waals surface area contributed by atoms with Crippen LogP contribution in [0.3, 0.4) is 0 Å². The maximum atomic E-state index is 5.74. The van der Waals surface area contributed by atoms with Gasteiger partial charge in [0, 0.05) is 38.2 Å². The molecule has 0 bridgehead atoms. The van der Waals surface area contributed by atoms with Crippen LogP contribution in [0.15, 0.2) is 0 Å². The molecule has 0 saturated carbocycles. The number of nitrogens with one attached hydrogen (secondary N) is 1. The zero-order valence-electron chi connectivity index (χ0n) is 11.5. The molecule has 0 aromatic carbocycles. The summed E-state index contributed by atoms with van der Waals surface area (Å²) in [6.07, 6.45) is 4.46. The summed E-state index contributed by atoms with van der Waals surface area (Å²) in [4.78, 5) is 4.83. The molecule has 1 N–H and O–H groups in total. The van der Waals surface area contributed by atoms with E-state index < -0.39 is 0 Å². The van der Waals surface area contributed by atoms with Gasteiger partial charge in [-0.2, -0.15) is 0 Å². The summed E-state index contributed by atoms with van der Waals surface area (Å²) in [5.74, 6) is 1.23. The molecule has 0 aliphatic carbocycles. The molecule has 1 aromatic heterocycles. The zero-order chi connectivity index (χ0) is 12.6. The minimum Gasteiger partial charge on any atom is -0.379 e. The van der Waals surface area contributed by atoms with Gasteiger partial charge in [-0.25, -0.2) is 4.98 Å². The molecule has 1 unspecified atom stereocenters. The Morgan fingerprint density at radius 1 is 1.50 bits per heavy atom. The molecule has 1 atom stereocenters. The van der Waals surface area contributed by atoms with Crippen molar-refractivity contribution in [1.29, 1.82) is 0 Å². The molecule has 4 heteroatoms. The third-order valence-electron chi connectivity index (χ3n) is 4.23. The molecule has 3 heterocycles. The average molecular weight is 249 g/mol. The van der Waals surface area contributed by atoms with Crippen LogP contribution >= 0.6 is 0 Å². The number of aryl methyl sites for hydroxylation is 1. The molecule has 1 saturated heterocycles. The minimum absolute atomic E-state index is 0.113. The second-order valence-electron chi connectivity index (χ2n) is 5.69. The minimum atomic E-state index is 0.113. The Morgan fingerprint density at radius 2 is 2.39 bits per heavy atom. The van der Waals surface area contributed by atoms with Gasteiger partial charge in [-0.15, -0.1) is 0 Å². The van der Waals surface area contributed by atoms with E-state index in [4.69, 9.17) is 9.72 Å². The Bertz CT molecular complexity index is 432. The van der Waals surface area contributed by atoms with E-state index in [1.807, 2.05) is 0 Å². The molecule has 0 amide bonds. The number of aromatic nitrogens is 2. The van der Waals surface area contributed by atoms with Crippen molar-refractivity contribution in [2.24, 2.45) is 0 Å². The molecule has 100 valence electrons. The van der Waals surface area contributed by atoms with Gasteiger partial charge in [0.2, 0.25) is 0 Å². The normalized spacial score (nSPS) is 28.1. The van der Waals surface area contributed by atoms with Crippen molar-refractivity contribution in [3.63, 3.8) is 0 Å². The summed E-state index contributed by atoms with van der Waals surface area (Å²) in [5.41, 5.74) is 2.81. The summed E-state index contributed by atoms with van der Waals surface area (Å²) in [7, 11) is 0. The van der Waals surface area contributed by atoms with E-state index in [0.717, 1.165) is 45.6 Å². The van der Waals surface area contributed by atoms with E-state index in [-0.39, 0.29) is 5.54 Å². The largest absolute Gasteiger partial charge is 0.379 e. The van der Waals surface area contributed by atoms with Crippen LogP contribution in [0.1, 0.15) is 43.9 Å². The highest BCUT2D eigenvalue weighted by molar-refractivity contribution is 5.23. The van der Waals surface area contributed by atoms with Crippen LogP contribution < -0.4 is 5.32 Å². The van der Waals surface area contributed by atoms with Crippen LogP contribution in [0, 0.1) is 0 Å². The quantitative estimate of drug-likeness (QED) is 0.865. The SMILES string of the molecule is CCc1nc2c(n1C1(C)CCCOC1)CCNC2. The first-order valence-corrected chi connectivity index (χ1v) is 7.13. The van der Waals surface area contributed by atoms with Crippen LogP contribution in [0.4, 0.5) is 0 Å². The number of hydrogen-bond acceptors (Lipinski definition) is 3. The lowest BCUT2D eigenvalue weighted by molar-refractivity contribution is 0.00689. The summed E-state index contributed by atoms with van der Waals surface area (Å²) in [6, 6.07) is 0. The third kappa shape index (κ3) is 1.88. The Balaban J connectivity index is 2.06. The lowest BCUT2D eigenvalue weighted by Gasteiger charge is -2.38. The molecule has 1 fully saturated rings. The van der Waals surface area contributed by atoms with Gasteiger partial charge >= 0.3 is 0 Å². The fourth-order valence-corrected chi connectivity index (χ4v) is 3.34. The number of fused-ring (bicyclic) bond motifs is 1. The Morgan fingerprint density at radius 3 is 3.11 bits per heavy atom. The van der Waals surface area contributed by atoms with E-state index in [9.17, 15) is 0 Å². The van der Waals surface area contributed by atoms with Gasteiger partial charge in [0.15, 0.2) is 0 Å². The number of rotatable bonds is 2. The van der Waals surface area contributed by atoms with Gasteiger partial charge in [0.25, 0.3) is 0 Å².